The second-order valence-corrected chi connectivity index (χ2v) is 3.86. The minimum atomic E-state index is -1.12. The van der Waals surface area contributed by atoms with E-state index < -0.39 is 17.6 Å². The van der Waals surface area contributed by atoms with Crippen LogP contribution in [0.3, 0.4) is 0 Å². The van der Waals surface area contributed by atoms with Crippen molar-refractivity contribution >= 4 is 11.7 Å². The van der Waals surface area contributed by atoms with Crippen molar-refractivity contribution in [2.24, 2.45) is 0 Å². The number of esters is 1. The third kappa shape index (κ3) is 3.41. The zero-order valence-electron chi connectivity index (χ0n) is 9.80. The Balaban J connectivity index is 2.86. The number of carbonyl (C=O) groups excluding carboxylic acids is 1. The molecule has 3 nitrogen and oxygen atoms in total. The molecule has 1 atom stereocenters. The molecule has 0 heterocycles. The molecule has 0 aliphatic heterocycles. The van der Waals surface area contributed by atoms with Gasteiger partial charge in [0.05, 0.1) is 11.7 Å². The molecule has 17 heavy (non-hydrogen) atoms. The van der Waals surface area contributed by atoms with E-state index in [1.54, 1.807) is 6.92 Å². The quantitative estimate of drug-likeness (QED) is 0.653. The minimum absolute atomic E-state index is 0.127. The molecule has 0 saturated carbocycles. The summed E-state index contributed by atoms with van der Waals surface area (Å²) in [6.45, 7) is 3.69. The van der Waals surface area contributed by atoms with Gasteiger partial charge in [-0.2, -0.15) is 0 Å². The molecule has 0 aliphatic carbocycles. The van der Waals surface area contributed by atoms with E-state index in [0.717, 1.165) is 18.6 Å². The number of carbonyl (C=O) groups is 1. The number of hydrogen-bond donors (Lipinski definition) is 1. The molecule has 1 aromatic carbocycles. The maximum atomic E-state index is 13.0. The van der Waals surface area contributed by atoms with Crippen LogP contribution in [0.25, 0.3) is 0 Å². The summed E-state index contributed by atoms with van der Waals surface area (Å²) in [6, 6.07) is 1.53. The summed E-state index contributed by atoms with van der Waals surface area (Å²) >= 11 is 0. The Hall–Kier alpha value is -1.65. The van der Waals surface area contributed by atoms with Crippen LogP contribution >= 0.6 is 0 Å². The topological polar surface area (TPSA) is 52.3 Å². The van der Waals surface area contributed by atoms with Crippen LogP contribution in [-0.4, -0.2) is 12.1 Å². The molecule has 0 radical (unpaired) electrons. The molecule has 2 N–H and O–H groups in total. The highest BCUT2D eigenvalue weighted by atomic mass is 19.2. The van der Waals surface area contributed by atoms with Crippen LogP contribution in [0.2, 0.25) is 0 Å². The number of benzene rings is 1. The molecule has 0 fully saturated rings. The van der Waals surface area contributed by atoms with Gasteiger partial charge in [-0.25, -0.2) is 13.6 Å². The van der Waals surface area contributed by atoms with Crippen molar-refractivity contribution in [1.29, 1.82) is 0 Å². The van der Waals surface area contributed by atoms with E-state index >= 15 is 0 Å². The lowest BCUT2D eigenvalue weighted by molar-refractivity contribution is 0.0324. The second kappa shape index (κ2) is 5.61. The lowest BCUT2D eigenvalue weighted by Crippen LogP contribution is -2.16. The van der Waals surface area contributed by atoms with Crippen molar-refractivity contribution in [1.82, 2.24) is 0 Å². The molecule has 1 aromatic rings. The predicted octanol–water partition coefficient (Wildman–Crippen LogP) is 2.89. The average Bonchev–Trinajstić information content (AvgIpc) is 2.23. The molecule has 5 heteroatoms. The van der Waals surface area contributed by atoms with E-state index in [1.165, 1.54) is 0 Å². The molecule has 0 bridgehead atoms. The van der Waals surface area contributed by atoms with Gasteiger partial charge in [-0.05, 0) is 19.4 Å². The van der Waals surface area contributed by atoms with E-state index in [-0.39, 0.29) is 17.4 Å². The van der Waals surface area contributed by atoms with Gasteiger partial charge < -0.3 is 10.5 Å². The van der Waals surface area contributed by atoms with Crippen molar-refractivity contribution in [3.63, 3.8) is 0 Å². The Morgan fingerprint density at radius 2 is 2.00 bits per heavy atom. The van der Waals surface area contributed by atoms with Crippen LogP contribution in [-0.2, 0) is 4.74 Å². The monoisotopic (exact) mass is 243 g/mol. The van der Waals surface area contributed by atoms with Gasteiger partial charge >= 0.3 is 5.97 Å². The average molecular weight is 243 g/mol. The lowest BCUT2D eigenvalue weighted by atomic mass is 10.1. The zero-order valence-corrected chi connectivity index (χ0v) is 9.80. The lowest BCUT2D eigenvalue weighted by Gasteiger charge is -2.13. The van der Waals surface area contributed by atoms with Gasteiger partial charge in [0.2, 0.25) is 0 Å². The maximum absolute atomic E-state index is 13.0. The van der Waals surface area contributed by atoms with Crippen molar-refractivity contribution in [2.75, 3.05) is 5.73 Å². The van der Waals surface area contributed by atoms with E-state index in [0.29, 0.717) is 6.42 Å². The van der Waals surface area contributed by atoms with Gasteiger partial charge in [0.25, 0.3) is 0 Å². The molecular weight excluding hydrogens is 228 g/mol. The molecule has 0 saturated heterocycles. The fourth-order valence-corrected chi connectivity index (χ4v) is 1.45. The fourth-order valence-electron chi connectivity index (χ4n) is 1.45. The number of rotatable bonds is 4. The zero-order chi connectivity index (χ0) is 13.0. The van der Waals surface area contributed by atoms with Gasteiger partial charge in [-0.3, -0.25) is 0 Å². The number of hydrogen-bond acceptors (Lipinski definition) is 3. The number of halogens is 2. The molecule has 0 aliphatic rings. The fraction of sp³-hybridized carbons (Fsp3) is 0.417. The maximum Gasteiger partial charge on any atom is 0.340 e. The highest BCUT2D eigenvalue weighted by molar-refractivity contribution is 5.95. The first-order valence-electron chi connectivity index (χ1n) is 5.41. The first-order chi connectivity index (χ1) is 7.95. The Morgan fingerprint density at radius 1 is 1.41 bits per heavy atom. The van der Waals surface area contributed by atoms with E-state index in [1.807, 2.05) is 6.92 Å². The van der Waals surface area contributed by atoms with Gasteiger partial charge in [0, 0.05) is 11.8 Å². The second-order valence-electron chi connectivity index (χ2n) is 3.86. The van der Waals surface area contributed by atoms with E-state index in [2.05, 4.69) is 0 Å². The van der Waals surface area contributed by atoms with Gasteiger partial charge in [-0.15, -0.1) is 0 Å². The number of nitrogen functional groups attached to an aromatic ring is 1. The third-order valence-corrected chi connectivity index (χ3v) is 2.32. The standard InChI is InChI=1S/C12H15F2NO2/c1-3-4-7(2)17-12(16)8-5-9(13)10(14)6-11(8)15/h5-7H,3-4,15H2,1-2H3. The molecule has 0 spiro atoms. The normalized spacial score (nSPS) is 12.2. The Kier molecular flexibility index (Phi) is 4.43. The van der Waals surface area contributed by atoms with E-state index in [4.69, 9.17) is 10.5 Å². The Morgan fingerprint density at radius 3 is 2.59 bits per heavy atom. The predicted molar refractivity (Wildman–Crippen MR) is 60.6 cm³/mol. The molecule has 0 aromatic heterocycles. The van der Waals surface area contributed by atoms with Gasteiger partial charge in [-0.1, -0.05) is 13.3 Å². The van der Waals surface area contributed by atoms with Gasteiger partial charge in [0.15, 0.2) is 11.6 Å². The first-order valence-corrected chi connectivity index (χ1v) is 5.41. The largest absolute Gasteiger partial charge is 0.459 e. The van der Waals surface area contributed by atoms with Crippen molar-refractivity contribution in [3.05, 3.63) is 29.3 Å². The molecule has 94 valence electrons. The molecule has 1 unspecified atom stereocenters. The Labute approximate surface area is 98.6 Å². The van der Waals surface area contributed by atoms with Crippen molar-refractivity contribution < 1.29 is 18.3 Å². The van der Waals surface area contributed by atoms with Crippen LogP contribution in [0, 0.1) is 11.6 Å². The third-order valence-electron chi connectivity index (χ3n) is 2.32. The smallest absolute Gasteiger partial charge is 0.340 e. The van der Waals surface area contributed by atoms with Crippen LogP contribution < -0.4 is 5.73 Å². The molecule has 1 rings (SSSR count). The van der Waals surface area contributed by atoms with Crippen LogP contribution in [0.15, 0.2) is 12.1 Å². The van der Waals surface area contributed by atoms with Crippen LogP contribution in [0.4, 0.5) is 14.5 Å². The SMILES string of the molecule is CCCC(C)OC(=O)c1cc(F)c(F)cc1N. The van der Waals surface area contributed by atoms with Crippen LogP contribution in [0.1, 0.15) is 37.0 Å². The summed E-state index contributed by atoms with van der Waals surface area (Å²) in [4.78, 5) is 11.6. The molecular formula is C12H15F2NO2. The summed E-state index contributed by atoms with van der Waals surface area (Å²) < 4.78 is 30.8. The summed E-state index contributed by atoms with van der Waals surface area (Å²) in [6.07, 6.45) is 1.29. The number of anilines is 1. The molecule has 0 amide bonds. The summed E-state index contributed by atoms with van der Waals surface area (Å²) in [7, 11) is 0. The summed E-state index contributed by atoms with van der Waals surface area (Å²) in [5.74, 6) is -2.93. The summed E-state index contributed by atoms with van der Waals surface area (Å²) in [5.41, 5.74) is 5.16. The number of ether oxygens (including phenoxy) is 1. The number of nitrogens with two attached hydrogens (primary N) is 1. The highest BCUT2D eigenvalue weighted by Gasteiger charge is 2.17. The van der Waals surface area contributed by atoms with Crippen molar-refractivity contribution in [3.8, 4) is 0 Å². The van der Waals surface area contributed by atoms with Gasteiger partial charge in [0.1, 0.15) is 0 Å². The summed E-state index contributed by atoms with van der Waals surface area (Å²) in [5, 5.41) is 0. The Bertz CT molecular complexity index is 421. The van der Waals surface area contributed by atoms with Crippen molar-refractivity contribution in [2.45, 2.75) is 32.8 Å². The minimum Gasteiger partial charge on any atom is -0.459 e. The van der Waals surface area contributed by atoms with Crippen LogP contribution in [0.5, 0.6) is 0 Å². The highest BCUT2D eigenvalue weighted by Crippen LogP contribution is 2.19. The van der Waals surface area contributed by atoms with E-state index in [9.17, 15) is 13.6 Å². The first kappa shape index (κ1) is 13.4.